The van der Waals surface area contributed by atoms with Gasteiger partial charge in [0.15, 0.2) is 0 Å². The summed E-state index contributed by atoms with van der Waals surface area (Å²) in [5, 5.41) is 5.66. The van der Waals surface area contributed by atoms with E-state index in [-0.39, 0.29) is 0 Å². The normalized spacial score (nSPS) is 33.1. The lowest BCUT2D eigenvalue weighted by Crippen LogP contribution is -2.48. The smallest absolute Gasteiger partial charge is 0.0114 e. The molecule has 0 amide bonds. The maximum atomic E-state index is 3.47. The molecule has 0 saturated carbocycles. The van der Waals surface area contributed by atoms with E-state index in [1.807, 2.05) is 11.3 Å². The Labute approximate surface area is 108 Å². The lowest BCUT2D eigenvalue weighted by Gasteiger charge is -2.38. The highest BCUT2D eigenvalue weighted by atomic mass is 32.1. The fourth-order valence-corrected chi connectivity index (χ4v) is 4.27. The van der Waals surface area contributed by atoms with Crippen LogP contribution in [0.4, 0.5) is 0 Å². The molecule has 0 aliphatic carbocycles. The molecule has 0 aromatic carbocycles. The van der Waals surface area contributed by atoms with Crippen LogP contribution in [0.2, 0.25) is 0 Å². The summed E-state index contributed by atoms with van der Waals surface area (Å²) in [7, 11) is 2.12. The average Bonchev–Trinajstić information content (AvgIpc) is 2.93. The molecule has 2 bridgehead atoms. The van der Waals surface area contributed by atoms with Crippen molar-refractivity contribution in [3.05, 3.63) is 22.4 Å². The molecule has 2 saturated heterocycles. The molecular formula is C14H22N2S. The standard InChI is InChI=1S/C14H22N2S/c1-15-11-9-12-4-5-13(10-11)16(12)7-6-14-3-2-8-17-14/h2-3,8,11-13,15H,4-7,9-10H2,1H3. The molecule has 17 heavy (non-hydrogen) atoms. The van der Waals surface area contributed by atoms with E-state index in [1.54, 1.807) is 4.88 Å². The van der Waals surface area contributed by atoms with Gasteiger partial charge in [0, 0.05) is 29.5 Å². The largest absolute Gasteiger partial charge is 0.317 e. The molecule has 1 aromatic heterocycles. The van der Waals surface area contributed by atoms with Crippen LogP contribution in [0.15, 0.2) is 17.5 Å². The van der Waals surface area contributed by atoms with Crippen LogP contribution in [0.3, 0.4) is 0 Å². The topological polar surface area (TPSA) is 15.3 Å². The van der Waals surface area contributed by atoms with Gasteiger partial charge in [-0.25, -0.2) is 0 Å². The molecule has 3 heteroatoms. The molecule has 2 aliphatic heterocycles. The van der Waals surface area contributed by atoms with E-state index in [4.69, 9.17) is 0 Å². The van der Waals surface area contributed by atoms with Gasteiger partial charge in [0.25, 0.3) is 0 Å². The van der Waals surface area contributed by atoms with Crippen LogP contribution in [0.1, 0.15) is 30.6 Å². The first-order chi connectivity index (χ1) is 8.36. The van der Waals surface area contributed by atoms with E-state index in [1.165, 1.54) is 38.6 Å². The molecule has 94 valence electrons. The third-order valence-corrected chi connectivity index (χ3v) is 5.43. The van der Waals surface area contributed by atoms with E-state index < -0.39 is 0 Å². The van der Waals surface area contributed by atoms with Crippen molar-refractivity contribution in [2.75, 3.05) is 13.6 Å². The molecule has 0 radical (unpaired) electrons. The van der Waals surface area contributed by atoms with Crippen LogP contribution in [0, 0.1) is 0 Å². The number of thiophene rings is 1. The summed E-state index contributed by atoms with van der Waals surface area (Å²) in [6.45, 7) is 1.27. The lowest BCUT2D eigenvalue weighted by atomic mass is 9.97. The number of fused-ring (bicyclic) bond motifs is 2. The van der Waals surface area contributed by atoms with Gasteiger partial charge in [0.1, 0.15) is 0 Å². The summed E-state index contributed by atoms with van der Waals surface area (Å²) in [5.74, 6) is 0. The second-order valence-corrected chi connectivity index (χ2v) is 6.44. The Hall–Kier alpha value is -0.380. The quantitative estimate of drug-likeness (QED) is 0.883. The van der Waals surface area contributed by atoms with Gasteiger partial charge in [-0.3, -0.25) is 4.90 Å². The molecule has 2 atom stereocenters. The van der Waals surface area contributed by atoms with E-state index >= 15 is 0 Å². The number of hydrogen-bond donors (Lipinski definition) is 1. The Balaban J connectivity index is 1.58. The summed E-state index contributed by atoms with van der Waals surface area (Å²) in [6, 6.07) is 6.91. The van der Waals surface area contributed by atoms with Gasteiger partial charge in [-0.15, -0.1) is 11.3 Å². The molecular weight excluding hydrogens is 228 g/mol. The zero-order valence-corrected chi connectivity index (χ0v) is 11.4. The van der Waals surface area contributed by atoms with Crippen molar-refractivity contribution in [1.82, 2.24) is 10.2 Å². The minimum Gasteiger partial charge on any atom is -0.317 e. The summed E-state index contributed by atoms with van der Waals surface area (Å²) in [5.41, 5.74) is 0. The van der Waals surface area contributed by atoms with E-state index in [9.17, 15) is 0 Å². The van der Waals surface area contributed by atoms with Gasteiger partial charge in [-0.2, -0.15) is 0 Å². The fourth-order valence-electron chi connectivity index (χ4n) is 3.57. The first-order valence-electron chi connectivity index (χ1n) is 6.82. The van der Waals surface area contributed by atoms with Crippen molar-refractivity contribution >= 4 is 11.3 Å². The number of nitrogens with zero attached hydrogens (tertiary/aromatic N) is 1. The first-order valence-corrected chi connectivity index (χ1v) is 7.70. The highest BCUT2D eigenvalue weighted by Crippen LogP contribution is 2.35. The van der Waals surface area contributed by atoms with Crippen molar-refractivity contribution in [2.24, 2.45) is 0 Å². The number of nitrogens with one attached hydrogen (secondary N) is 1. The van der Waals surface area contributed by atoms with Gasteiger partial charge < -0.3 is 5.32 Å². The van der Waals surface area contributed by atoms with Crippen LogP contribution in [0.5, 0.6) is 0 Å². The highest BCUT2D eigenvalue weighted by molar-refractivity contribution is 7.09. The predicted molar refractivity (Wildman–Crippen MR) is 73.6 cm³/mol. The van der Waals surface area contributed by atoms with Crippen LogP contribution in [0.25, 0.3) is 0 Å². The monoisotopic (exact) mass is 250 g/mol. The average molecular weight is 250 g/mol. The van der Waals surface area contributed by atoms with Crippen molar-refractivity contribution in [3.8, 4) is 0 Å². The molecule has 2 fully saturated rings. The Bertz CT molecular complexity index is 335. The van der Waals surface area contributed by atoms with Crippen LogP contribution in [-0.2, 0) is 6.42 Å². The zero-order chi connectivity index (χ0) is 11.7. The summed E-state index contributed by atoms with van der Waals surface area (Å²) in [4.78, 5) is 4.33. The molecule has 1 aromatic rings. The van der Waals surface area contributed by atoms with Crippen LogP contribution >= 0.6 is 11.3 Å². The Morgan fingerprint density at radius 2 is 2.12 bits per heavy atom. The zero-order valence-electron chi connectivity index (χ0n) is 10.6. The summed E-state index contributed by atoms with van der Waals surface area (Å²) >= 11 is 1.90. The third kappa shape index (κ3) is 2.42. The number of piperidine rings is 1. The minimum absolute atomic E-state index is 0.769. The van der Waals surface area contributed by atoms with Gasteiger partial charge in [0.2, 0.25) is 0 Å². The third-order valence-electron chi connectivity index (χ3n) is 4.49. The Morgan fingerprint density at radius 1 is 1.35 bits per heavy atom. The maximum absolute atomic E-state index is 3.47. The van der Waals surface area contributed by atoms with Crippen molar-refractivity contribution < 1.29 is 0 Å². The second kappa shape index (κ2) is 5.09. The van der Waals surface area contributed by atoms with Gasteiger partial charge in [0.05, 0.1) is 0 Å². The predicted octanol–water partition coefficient (Wildman–Crippen LogP) is 2.51. The molecule has 2 nitrogen and oxygen atoms in total. The maximum Gasteiger partial charge on any atom is 0.0114 e. The fraction of sp³-hybridized carbons (Fsp3) is 0.714. The molecule has 3 rings (SSSR count). The van der Waals surface area contributed by atoms with Crippen molar-refractivity contribution in [1.29, 1.82) is 0 Å². The lowest BCUT2D eigenvalue weighted by molar-refractivity contribution is 0.121. The number of hydrogen-bond acceptors (Lipinski definition) is 3. The van der Waals surface area contributed by atoms with Crippen LogP contribution < -0.4 is 5.32 Å². The summed E-state index contributed by atoms with van der Waals surface area (Å²) < 4.78 is 0. The van der Waals surface area contributed by atoms with Gasteiger partial charge >= 0.3 is 0 Å². The molecule has 2 unspecified atom stereocenters. The second-order valence-electron chi connectivity index (χ2n) is 5.41. The van der Waals surface area contributed by atoms with Gasteiger partial charge in [-0.1, -0.05) is 6.07 Å². The Morgan fingerprint density at radius 3 is 2.71 bits per heavy atom. The first kappa shape index (κ1) is 11.7. The minimum atomic E-state index is 0.769. The van der Waals surface area contributed by atoms with Gasteiger partial charge in [-0.05, 0) is 50.6 Å². The molecule has 2 aliphatic rings. The van der Waals surface area contributed by atoms with E-state index in [0.717, 1.165) is 18.1 Å². The SMILES string of the molecule is CNC1CC2CCC(C1)N2CCc1cccs1. The van der Waals surface area contributed by atoms with Crippen molar-refractivity contribution in [3.63, 3.8) is 0 Å². The number of rotatable bonds is 4. The van der Waals surface area contributed by atoms with Crippen molar-refractivity contribution in [2.45, 2.75) is 50.2 Å². The highest BCUT2D eigenvalue weighted by Gasteiger charge is 2.39. The van der Waals surface area contributed by atoms with E-state index in [0.29, 0.717) is 0 Å². The molecule has 3 heterocycles. The van der Waals surface area contributed by atoms with Crippen LogP contribution in [-0.4, -0.2) is 36.6 Å². The molecule has 0 spiro atoms. The van der Waals surface area contributed by atoms with E-state index in [2.05, 4.69) is 34.8 Å². The Kier molecular flexibility index (Phi) is 3.50. The summed E-state index contributed by atoms with van der Waals surface area (Å²) in [6.07, 6.45) is 6.81. The molecule has 1 N–H and O–H groups in total.